The van der Waals surface area contributed by atoms with E-state index in [4.69, 9.17) is 0 Å². The molecule has 1 N–H and O–H groups in total. The molecule has 1 aliphatic rings. The number of aryl methyl sites for hydroxylation is 2. The second kappa shape index (κ2) is 10.4. The van der Waals surface area contributed by atoms with Crippen LogP contribution < -0.4 is 5.32 Å². The number of amides is 2. The third kappa shape index (κ3) is 5.71. The maximum Gasteiger partial charge on any atom is 0.243 e. The molecule has 1 atom stereocenters. The Hall–Kier alpha value is -2.62. The lowest BCUT2D eigenvalue weighted by Gasteiger charge is -2.32. The number of carbonyl (C=O) groups is 2. The molecule has 4 heteroatoms. The molecule has 0 radical (unpaired) electrons. The van der Waals surface area contributed by atoms with E-state index in [0.717, 1.165) is 35.1 Å². The van der Waals surface area contributed by atoms with E-state index in [2.05, 4.69) is 18.3 Å². The van der Waals surface area contributed by atoms with Crippen molar-refractivity contribution in [2.75, 3.05) is 0 Å². The number of carbonyl (C=O) groups excluding carboxylic acids is 2. The molecule has 4 nitrogen and oxygen atoms in total. The van der Waals surface area contributed by atoms with Crippen LogP contribution in [0.1, 0.15) is 61.3 Å². The van der Waals surface area contributed by atoms with E-state index >= 15 is 0 Å². The van der Waals surface area contributed by atoms with E-state index in [1.54, 1.807) is 4.90 Å². The summed E-state index contributed by atoms with van der Waals surface area (Å²) in [7, 11) is 0. The van der Waals surface area contributed by atoms with Crippen LogP contribution in [-0.2, 0) is 22.6 Å². The third-order valence-corrected chi connectivity index (χ3v) is 6.13. The van der Waals surface area contributed by atoms with Gasteiger partial charge in [-0.05, 0) is 49.8 Å². The van der Waals surface area contributed by atoms with Gasteiger partial charge < -0.3 is 10.2 Å². The lowest BCUT2D eigenvalue weighted by atomic mass is 10.0. The zero-order chi connectivity index (χ0) is 21.5. The van der Waals surface area contributed by atoms with Crippen LogP contribution >= 0.6 is 0 Å². The third-order valence-electron chi connectivity index (χ3n) is 6.13. The molecular formula is C26H34N2O2. The standard InChI is InChI=1S/C26H34N2O2/c1-4-24(26(30)27-23-14-7-8-15-23)28(18-22-13-6-5-11-20(22)3)25(29)17-21-12-9-10-19(2)16-21/h5-6,9-13,16,23-24H,4,7-8,14-15,17-18H2,1-3H3,(H,27,30)/t24-/m0/s1. The summed E-state index contributed by atoms with van der Waals surface area (Å²) in [5.74, 6) is -0.0205. The monoisotopic (exact) mass is 406 g/mol. The van der Waals surface area contributed by atoms with Crippen LogP contribution in [-0.4, -0.2) is 28.8 Å². The first-order valence-electron chi connectivity index (χ1n) is 11.2. The molecule has 1 aliphatic carbocycles. The van der Waals surface area contributed by atoms with E-state index in [1.165, 1.54) is 12.8 Å². The van der Waals surface area contributed by atoms with Gasteiger partial charge in [0.05, 0.1) is 6.42 Å². The molecule has 2 aromatic rings. The molecule has 0 saturated heterocycles. The van der Waals surface area contributed by atoms with Gasteiger partial charge in [0.25, 0.3) is 0 Å². The molecule has 30 heavy (non-hydrogen) atoms. The van der Waals surface area contributed by atoms with Crippen molar-refractivity contribution in [3.63, 3.8) is 0 Å². The molecule has 0 aliphatic heterocycles. The molecule has 1 fully saturated rings. The van der Waals surface area contributed by atoms with Gasteiger partial charge >= 0.3 is 0 Å². The Morgan fingerprint density at radius 3 is 2.47 bits per heavy atom. The van der Waals surface area contributed by atoms with Gasteiger partial charge in [0.15, 0.2) is 0 Å². The highest BCUT2D eigenvalue weighted by molar-refractivity contribution is 5.88. The van der Waals surface area contributed by atoms with Gasteiger partial charge in [-0.2, -0.15) is 0 Å². The van der Waals surface area contributed by atoms with Crippen LogP contribution in [0.15, 0.2) is 48.5 Å². The molecular weight excluding hydrogens is 372 g/mol. The van der Waals surface area contributed by atoms with Crippen molar-refractivity contribution >= 4 is 11.8 Å². The van der Waals surface area contributed by atoms with Gasteiger partial charge in [0, 0.05) is 12.6 Å². The average molecular weight is 407 g/mol. The van der Waals surface area contributed by atoms with Crippen molar-refractivity contribution in [1.29, 1.82) is 0 Å². The normalized spacial score (nSPS) is 15.0. The van der Waals surface area contributed by atoms with Crippen LogP contribution in [0.5, 0.6) is 0 Å². The fourth-order valence-corrected chi connectivity index (χ4v) is 4.36. The smallest absolute Gasteiger partial charge is 0.243 e. The Morgan fingerprint density at radius 1 is 1.07 bits per heavy atom. The summed E-state index contributed by atoms with van der Waals surface area (Å²) in [4.78, 5) is 28.4. The molecule has 0 bridgehead atoms. The minimum Gasteiger partial charge on any atom is -0.352 e. The largest absolute Gasteiger partial charge is 0.352 e. The Balaban J connectivity index is 1.83. The van der Waals surface area contributed by atoms with E-state index in [0.29, 0.717) is 19.4 Å². The van der Waals surface area contributed by atoms with Crippen molar-refractivity contribution in [3.05, 3.63) is 70.8 Å². The van der Waals surface area contributed by atoms with Crippen molar-refractivity contribution in [3.8, 4) is 0 Å². The number of rotatable bonds is 8. The summed E-state index contributed by atoms with van der Waals surface area (Å²) in [6, 6.07) is 15.9. The van der Waals surface area contributed by atoms with Crippen LogP contribution in [0, 0.1) is 13.8 Å². The summed E-state index contributed by atoms with van der Waals surface area (Å²) in [5.41, 5.74) is 4.34. The Morgan fingerprint density at radius 2 is 1.80 bits per heavy atom. The molecule has 0 aromatic heterocycles. The first-order valence-corrected chi connectivity index (χ1v) is 11.2. The molecule has 0 heterocycles. The average Bonchev–Trinajstić information content (AvgIpc) is 3.22. The highest BCUT2D eigenvalue weighted by atomic mass is 16.2. The van der Waals surface area contributed by atoms with Gasteiger partial charge in [0.2, 0.25) is 11.8 Å². The molecule has 2 aromatic carbocycles. The predicted molar refractivity (Wildman–Crippen MR) is 121 cm³/mol. The zero-order valence-corrected chi connectivity index (χ0v) is 18.5. The SMILES string of the molecule is CC[C@@H](C(=O)NC1CCCC1)N(Cc1ccccc1C)C(=O)Cc1cccc(C)c1. The molecule has 160 valence electrons. The maximum atomic E-state index is 13.4. The summed E-state index contributed by atoms with van der Waals surface area (Å²) < 4.78 is 0. The van der Waals surface area contributed by atoms with Crippen LogP contribution in [0.25, 0.3) is 0 Å². The Kier molecular flexibility index (Phi) is 7.67. The maximum absolute atomic E-state index is 13.4. The number of nitrogens with one attached hydrogen (secondary N) is 1. The second-order valence-corrected chi connectivity index (χ2v) is 8.53. The summed E-state index contributed by atoms with van der Waals surface area (Å²) in [6.45, 7) is 6.53. The van der Waals surface area contributed by atoms with Crippen LogP contribution in [0.3, 0.4) is 0 Å². The van der Waals surface area contributed by atoms with Crippen molar-refractivity contribution in [2.45, 2.75) is 77.9 Å². The van der Waals surface area contributed by atoms with Crippen molar-refractivity contribution < 1.29 is 9.59 Å². The fraction of sp³-hybridized carbons (Fsp3) is 0.462. The lowest BCUT2D eigenvalue weighted by Crippen LogP contribution is -2.51. The Labute approximate surface area is 180 Å². The van der Waals surface area contributed by atoms with E-state index < -0.39 is 6.04 Å². The molecule has 1 saturated carbocycles. The van der Waals surface area contributed by atoms with Gasteiger partial charge in [-0.3, -0.25) is 9.59 Å². The van der Waals surface area contributed by atoms with Crippen molar-refractivity contribution in [1.82, 2.24) is 10.2 Å². The van der Waals surface area contributed by atoms with Crippen LogP contribution in [0.4, 0.5) is 0 Å². The number of benzene rings is 2. The van der Waals surface area contributed by atoms with Gasteiger partial charge in [-0.25, -0.2) is 0 Å². The summed E-state index contributed by atoms with van der Waals surface area (Å²) >= 11 is 0. The predicted octanol–water partition coefficient (Wildman–Crippen LogP) is 4.71. The zero-order valence-electron chi connectivity index (χ0n) is 18.5. The molecule has 0 unspecified atom stereocenters. The van der Waals surface area contributed by atoms with E-state index in [-0.39, 0.29) is 17.9 Å². The quantitative estimate of drug-likeness (QED) is 0.690. The van der Waals surface area contributed by atoms with Crippen LogP contribution in [0.2, 0.25) is 0 Å². The second-order valence-electron chi connectivity index (χ2n) is 8.53. The summed E-state index contributed by atoms with van der Waals surface area (Å²) in [5, 5.41) is 3.21. The molecule has 3 rings (SSSR count). The minimum atomic E-state index is -0.456. The number of hydrogen-bond acceptors (Lipinski definition) is 2. The topological polar surface area (TPSA) is 49.4 Å². The number of nitrogens with zero attached hydrogens (tertiary/aromatic N) is 1. The van der Waals surface area contributed by atoms with Crippen molar-refractivity contribution in [2.24, 2.45) is 0 Å². The van der Waals surface area contributed by atoms with Gasteiger partial charge in [-0.15, -0.1) is 0 Å². The van der Waals surface area contributed by atoms with Gasteiger partial charge in [0.1, 0.15) is 6.04 Å². The minimum absolute atomic E-state index is 0.00252. The summed E-state index contributed by atoms with van der Waals surface area (Å²) in [6.07, 6.45) is 5.32. The number of hydrogen-bond donors (Lipinski definition) is 1. The lowest BCUT2D eigenvalue weighted by molar-refractivity contribution is -0.141. The first-order chi connectivity index (χ1) is 14.5. The van der Waals surface area contributed by atoms with E-state index in [1.807, 2.05) is 56.3 Å². The Bertz CT molecular complexity index is 871. The highest BCUT2D eigenvalue weighted by Gasteiger charge is 2.30. The first kappa shape index (κ1) is 22.1. The molecule has 0 spiro atoms. The molecule has 2 amide bonds. The highest BCUT2D eigenvalue weighted by Crippen LogP contribution is 2.20. The van der Waals surface area contributed by atoms with Gasteiger partial charge in [-0.1, -0.05) is 73.9 Å². The van der Waals surface area contributed by atoms with E-state index in [9.17, 15) is 9.59 Å². The fourth-order valence-electron chi connectivity index (χ4n) is 4.36.